The number of carbonyl (C=O) groups excluding carboxylic acids is 1. The maximum absolute atomic E-state index is 14.7. The average Bonchev–Trinajstić information content (AvgIpc) is 3.11. The molecule has 32 heavy (non-hydrogen) atoms. The molecule has 0 aliphatic carbocycles. The summed E-state index contributed by atoms with van der Waals surface area (Å²) in [5.74, 6) is -3.42. The fraction of sp³-hybridized carbons (Fsp3) is 0.0870. The number of fused-ring (bicyclic) bond motifs is 1. The molecular formula is C23H15F2N3O3S. The number of nitriles is 1. The first-order chi connectivity index (χ1) is 15.4. The lowest BCUT2D eigenvalue weighted by Gasteiger charge is -2.24. The zero-order chi connectivity index (χ0) is 23.0. The van der Waals surface area contributed by atoms with Crippen LogP contribution in [0.2, 0.25) is 0 Å². The Bertz CT molecular complexity index is 1510. The number of carbonyl (C=O) groups is 1. The van der Waals surface area contributed by atoms with E-state index in [0.29, 0.717) is 0 Å². The molecule has 1 aromatic heterocycles. The van der Waals surface area contributed by atoms with Gasteiger partial charge in [-0.05, 0) is 18.2 Å². The summed E-state index contributed by atoms with van der Waals surface area (Å²) in [7, 11) is 1.14. The lowest BCUT2D eigenvalue weighted by Crippen LogP contribution is -2.40. The average molecular weight is 451 g/mol. The van der Waals surface area contributed by atoms with Crippen LogP contribution in [-0.4, -0.2) is 17.6 Å². The van der Waals surface area contributed by atoms with Gasteiger partial charge in [0.2, 0.25) is 0 Å². The van der Waals surface area contributed by atoms with Crippen LogP contribution in [0.3, 0.4) is 0 Å². The van der Waals surface area contributed by atoms with Crippen molar-refractivity contribution in [1.29, 1.82) is 5.26 Å². The number of allylic oxidation sites excluding steroid dienone is 1. The third-order valence-electron chi connectivity index (χ3n) is 5.08. The number of ether oxygens (including phenoxy) is 1. The second kappa shape index (κ2) is 8.24. The van der Waals surface area contributed by atoms with Crippen LogP contribution < -0.4 is 20.5 Å². The van der Waals surface area contributed by atoms with Crippen molar-refractivity contribution in [2.24, 2.45) is 5.73 Å². The summed E-state index contributed by atoms with van der Waals surface area (Å²) >= 11 is 0.882. The van der Waals surface area contributed by atoms with E-state index in [-0.39, 0.29) is 37.3 Å². The van der Waals surface area contributed by atoms with Crippen LogP contribution in [0.15, 0.2) is 58.9 Å². The zero-order valence-corrected chi connectivity index (χ0v) is 17.5. The topological polar surface area (TPSA) is 98.1 Å². The van der Waals surface area contributed by atoms with E-state index >= 15 is 0 Å². The second-order valence-electron chi connectivity index (χ2n) is 6.85. The van der Waals surface area contributed by atoms with Crippen molar-refractivity contribution in [3.05, 3.63) is 96.4 Å². The Morgan fingerprint density at radius 3 is 2.47 bits per heavy atom. The molecule has 2 N–H and O–H groups in total. The van der Waals surface area contributed by atoms with Crippen molar-refractivity contribution in [2.75, 3.05) is 7.11 Å². The van der Waals surface area contributed by atoms with E-state index in [2.05, 4.69) is 0 Å². The van der Waals surface area contributed by atoms with Gasteiger partial charge < -0.3 is 10.5 Å². The van der Waals surface area contributed by atoms with E-state index in [1.165, 1.54) is 42.5 Å². The maximum atomic E-state index is 14.7. The number of thiazole rings is 1. The summed E-state index contributed by atoms with van der Waals surface area (Å²) < 4.78 is 34.9. The van der Waals surface area contributed by atoms with E-state index < -0.39 is 29.1 Å². The Morgan fingerprint density at radius 1 is 1.19 bits per heavy atom. The molecule has 6 nitrogen and oxygen atoms in total. The molecule has 0 saturated carbocycles. The number of aromatic nitrogens is 1. The standard InChI is InChI=1S/C23H15F2N3O3S/c1-31-23(30)19-18(13-7-3-5-9-16(13)25)14(11-26)20(27)28-21(29)17(32-22(19)28)10-12-6-2-4-8-15(12)24/h2-10,18H,27H2,1H3/b17-10+/t18-/m1/s1. The number of nitrogens with two attached hydrogens (primary N) is 1. The van der Waals surface area contributed by atoms with Gasteiger partial charge in [-0.25, -0.2) is 13.6 Å². The van der Waals surface area contributed by atoms with Crippen LogP contribution >= 0.6 is 11.3 Å². The molecule has 4 rings (SSSR count). The highest BCUT2D eigenvalue weighted by Crippen LogP contribution is 2.37. The predicted octanol–water partition coefficient (Wildman–Crippen LogP) is 1.79. The molecule has 2 heterocycles. The number of rotatable bonds is 3. The monoisotopic (exact) mass is 451 g/mol. The van der Waals surface area contributed by atoms with Gasteiger partial charge in [0.1, 0.15) is 22.1 Å². The lowest BCUT2D eigenvalue weighted by molar-refractivity contribution is -0.134. The molecule has 1 atom stereocenters. The minimum Gasteiger partial charge on any atom is -0.466 e. The Labute approximate surface area is 184 Å². The first kappa shape index (κ1) is 21.2. The highest BCUT2D eigenvalue weighted by molar-refractivity contribution is 7.07. The van der Waals surface area contributed by atoms with Crippen LogP contribution in [0.1, 0.15) is 17.0 Å². The van der Waals surface area contributed by atoms with Crippen molar-refractivity contribution in [3.8, 4) is 6.07 Å². The molecule has 0 saturated heterocycles. The molecule has 0 radical (unpaired) electrons. The normalized spacial score (nSPS) is 16.0. The van der Waals surface area contributed by atoms with Gasteiger partial charge in [-0.2, -0.15) is 5.26 Å². The molecular weight excluding hydrogens is 436 g/mol. The van der Waals surface area contributed by atoms with Gasteiger partial charge >= 0.3 is 5.97 Å². The highest BCUT2D eigenvalue weighted by atomic mass is 32.1. The number of nitrogens with zero attached hydrogens (tertiary/aromatic N) is 2. The number of benzene rings is 2. The zero-order valence-electron chi connectivity index (χ0n) is 16.6. The Kier molecular flexibility index (Phi) is 5.47. The number of esters is 1. The summed E-state index contributed by atoms with van der Waals surface area (Å²) in [6.07, 6.45) is 1.33. The third kappa shape index (κ3) is 3.31. The van der Waals surface area contributed by atoms with Crippen LogP contribution in [0.5, 0.6) is 0 Å². The van der Waals surface area contributed by atoms with Crippen molar-refractivity contribution in [2.45, 2.75) is 5.92 Å². The van der Waals surface area contributed by atoms with Crippen LogP contribution in [0.25, 0.3) is 17.5 Å². The summed E-state index contributed by atoms with van der Waals surface area (Å²) in [6.45, 7) is 0. The minimum atomic E-state index is -1.17. The smallest absolute Gasteiger partial charge is 0.337 e. The van der Waals surface area contributed by atoms with E-state index in [4.69, 9.17) is 10.5 Å². The quantitative estimate of drug-likeness (QED) is 0.613. The predicted molar refractivity (Wildman–Crippen MR) is 115 cm³/mol. The van der Waals surface area contributed by atoms with Crippen molar-refractivity contribution < 1.29 is 18.3 Å². The van der Waals surface area contributed by atoms with Gasteiger partial charge in [0, 0.05) is 11.1 Å². The largest absolute Gasteiger partial charge is 0.466 e. The number of halogens is 2. The molecule has 0 fully saturated rings. The van der Waals surface area contributed by atoms with E-state index in [1.807, 2.05) is 6.07 Å². The summed E-state index contributed by atoms with van der Waals surface area (Å²) in [6, 6.07) is 13.4. The number of methoxy groups -OCH3 is 1. The fourth-order valence-electron chi connectivity index (χ4n) is 3.61. The first-order valence-electron chi connectivity index (χ1n) is 9.34. The Morgan fingerprint density at radius 2 is 1.84 bits per heavy atom. The van der Waals surface area contributed by atoms with Gasteiger partial charge in [0.25, 0.3) is 5.56 Å². The second-order valence-corrected chi connectivity index (χ2v) is 7.88. The van der Waals surface area contributed by atoms with Crippen molar-refractivity contribution in [3.63, 3.8) is 0 Å². The molecule has 0 spiro atoms. The van der Waals surface area contributed by atoms with Crippen molar-refractivity contribution in [1.82, 2.24) is 4.57 Å². The van der Waals surface area contributed by atoms with Gasteiger partial charge in [0.15, 0.2) is 0 Å². The van der Waals surface area contributed by atoms with Gasteiger partial charge in [0.05, 0.1) is 34.8 Å². The van der Waals surface area contributed by atoms with Crippen molar-refractivity contribution >= 4 is 34.8 Å². The fourth-order valence-corrected chi connectivity index (χ4v) is 4.76. The molecule has 2 aromatic carbocycles. The van der Waals surface area contributed by atoms with Crippen LogP contribution in [0, 0.1) is 23.0 Å². The van der Waals surface area contributed by atoms with Gasteiger partial charge in [-0.3, -0.25) is 9.36 Å². The minimum absolute atomic E-state index is 0.0409. The SMILES string of the molecule is COC(=O)C1=c2s/c(=C/c3ccccc3F)c(=O)n2C(N)=C(C#N)[C@H]1c1ccccc1F. The van der Waals surface area contributed by atoms with E-state index in [1.54, 1.807) is 12.1 Å². The first-order valence-corrected chi connectivity index (χ1v) is 10.2. The molecule has 0 unspecified atom stereocenters. The number of hydrogen-bond donors (Lipinski definition) is 1. The van der Waals surface area contributed by atoms with Crippen LogP contribution in [0.4, 0.5) is 8.78 Å². The Hall–Kier alpha value is -4.03. The summed E-state index contributed by atoms with van der Waals surface area (Å²) in [5.41, 5.74) is 5.48. The molecule has 0 amide bonds. The van der Waals surface area contributed by atoms with E-state index in [9.17, 15) is 23.6 Å². The highest BCUT2D eigenvalue weighted by Gasteiger charge is 2.37. The molecule has 0 bridgehead atoms. The lowest BCUT2D eigenvalue weighted by atomic mass is 9.83. The molecule has 9 heteroatoms. The molecule has 160 valence electrons. The molecule has 1 aliphatic heterocycles. The number of hydrogen-bond acceptors (Lipinski definition) is 6. The molecule has 3 aromatic rings. The summed E-state index contributed by atoms with van der Waals surface area (Å²) in [5, 5.41) is 9.81. The van der Waals surface area contributed by atoms with Gasteiger partial charge in [-0.1, -0.05) is 36.4 Å². The maximum Gasteiger partial charge on any atom is 0.337 e. The third-order valence-corrected chi connectivity index (χ3v) is 6.19. The van der Waals surface area contributed by atoms with E-state index in [0.717, 1.165) is 23.0 Å². The van der Waals surface area contributed by atoms with Gasteiger partial charge in [-0.15, -0.1) is 11.3 Å². The molecule has 1 aliphatic rings. The Balaban J connectivity index is 2.15. The summed E-state index contributed by atoms with van der Waals surface area (Å²) in [4.78, 5) is 25.9. The van der Waals surface area contributed by atoms with Crippen LogP contribution in [-0.2, 0) is 9.53 Å².